The number of carbonyl (C=O) groups is 1. The van der Waals surface area contributed by atoms with Gasteiger partial charge in [-0.1, -0.05) is 42.5 Å². The predicted molar refractivity (Wildman–Crippen MR) is 112 cm³/mol. The molecule has 2 aromatic carbocycles. The first kappa shape index (κ1) is 20.8. The number of hydrogen-bond acceptors (Lipinski definition) is 4. The van der Waals surface area contributed by atoms with Crippen LogP contribution in [0.4, 0.5) is 0 Å². The van der Waals surface area contributed by atoms with Crippen molar-refractivity contribution >= 4 is 15.9 Å². The van der Waals surface area contributed by atoms with E-state index in [2.05, 4.69) is 10.3 Å². The van der Waals surface area contributed by atoms with E-state index < -0.39 is 16.1 Å². The standard InChI is InChI=1S/C21H24N4O3S/c1-16-22-13-14-25(16)19-11-9-17(10-12-19)15-23-21(26)20(24(2)29(3,27)28)18-7-5-4-6-8-18/h4-14,20H,15H2,1-3H3,(H,23,26)/t20-/m0/s1. The quantitative estimate of drug-likeness (QED) is 0.646. The van der Waals surface area contributed by atoms with Crippen molar-refractivity contribution in [2.24, 2.45) is 0 Å². The molecule has 3 aromatic rings. The van der Waals surface area contributed by atoms with Gasteiger partial charge in [-0.05, 0) is 30.2 Å². The number of sulfonamides is 1. The Morgan fingerprint density at radius 2 is 1.79 bits per heavy atom. The summed E-state index contributed by atoms with van der Waals surface area (Å²) in [6.45, 7) is 2.22. The Hall–Kier alpha value is -2.97. The van der Waals surface area contributed by atoms with Crippen LogP contribution in [-0.2, 0) is 21.4 Å². The minimum absolute atomic E-state index is 0.295. The van der Waals surface area contributed by atoms with Gasteiger partial charge in [-0.25, -0.2) is 13.4 Å². The first-order valence-corrected chi connectivity index (χ1v) is 11.0. The molecule has 0 aliphatic heterocycles. The zero-order valence-electron chi connectivity index (χ0n) is 16.6. The van der Waals surface area contributed by atoms with Crippen LogP contribution in [0, 0.1) is 6.92 Å². The largest absolute Gasteiger partial charge is 0.350 e. The molecule has 152 valence electrons. The molecular weight excluding hydrogens is 388 g/mol. The number of rotatable bonds is 7. The number of aryl methyl sites for hydroxylation is 1. The summed E-state index contributed by atoms with van der Waals surface area (Å²) in [6, 6.07) is 15.7. The van der Waals surface area contributed by atoms with Crippen molar-refractivity contribution in [1.29, 1.82) is 0 Å². The minimum atomic E-state index is -3.55. The van der Waals surface area contributed by atoms with Crippen molar-refractivity contribution in [2.45, 2.75) is 19.5 Å². The molecule has 1 amide bonds. The second-order valence-electron chi connectivity index (χ2n) is 6.82. The third-order valence-electron chi connectivity index (χ3n) is 4.76. The van der Waals surface area contributed by atoms with Crippen molar-refractivity contribution in [3.63, 3.8) is 0 Å². The van der Waals surface area contributed by atoms with Crippen molar-refractivity contribution in [2.75, 3.05) is 13.3 Å². The zero-order valence-corrected chi connectivity index (χ0v) is 17.4. The molecule has 1 aromatic heterocycles. The van der Waals surface area contributed by atoms with Gasteiger partial charge in [0.15, 0.2) is 0 Å². The van der Waals surface area contributed by atoms with Crippen LogP contribution in [0.15, 0.2) is 67.0 Å². The van der Waals surface area contributed by atoms with Gasteiger partial charge in [0, 0.05) is 31.7 Å². The van der Waals surface area contributed by atoms with E-state index in [1.54, 1.807) is 30.5 Å². The zero-order chi connectivity index (χ0) is 21.0. The van der Waals surface area contributed by atoms with Gasteiger partial charge in [-0.15, -0.1) is 0 Å². The number of hydrogen-bond donors (Lipinski definition) is 1. The summed E-state index contributed by atoms with van der Waals surface area (Å²) in [5.41, 5.74) is 2.51. The fraction of sp³-hybridized carbons (Fsp3) is 0.238. The van der Waals surface area contributed by atoms with Gasteiger partial charge in [0.2, 0.25) is 15.9 Å². The maximum Gasteiger partial charge on any atom is 0.243 e. The summed E-state index contributed by atoms with van der Waals surface area (Å²) < 4.78 is 27.1. The number of nitrogens with zero attached hydrogens (tertiary/aromatic N) is 3. The predicted octanol–water partition coefficient (Wildman–Crippen LogP) is 2.43. The maximum atomic E-state index is 12.9. The average molecular weight is 413 g/mol. The lowest BCUT2D eigenvalue weighted by Crippen LogP contribution is -2.41. The van der Waals surface area contributed by atoms with Gasteiger partial charge in [0.1, 0.15) is 11.9 Å². The van der Waals surface area contributed by atoms with Crippen molar-refractivity contribution in [1.82, 2.24) is 19.2 Å². The number of likely N-dealkylation sites (N-methyl/N-ethyl adjacent to an activating group) is 1. The fourth-order valence-electron chi connectivity index (χ4n) is 3.06. The molecular formula is C21H24N4O3S. The highest BCUT2D eigenvalue weighted by molar-refractivity contribution is 7.88. The molecule has 3 rings (SSSR count). The fourth-order valence-corrected chi connectivity index (χ4v) is 3.66. The van der Waals surface area contributed by atoms with Crippen LogP contribution in [0.2, 0.25) is 0 Å². The van der Waals surface area contributed by atoms with Crippen molar-refractivity contribution < 1.29 is 13.2 Å². The van der Waals surface area contributed by atoms with E-state index in [1.807, 2.05) is 48.0 Å². The van der Waals surface area contributed by atoms with Gasteiger partial charge >= 0.3 is 0 Å². The normalized spacial score (nSPS) is 12.7. The Bertz CT molecular complexity index is 1080. The van der Waals surface area contributed by atoms with Crippen LogP contribution in [0.5, 0.6) is 0 Å². The van der Waals surface area contributed by atoms with Crippen LogP contribution >= 0.6 is 0 Å². The third-order valence-corrected chi connectivity index (χ3v) is 6.01. The molecule has 0 unspecified atom stereocenters. The average Bonchev–Trinajstić information content (AvgIpc) is 3.13. The Balaban J connectivity index is 1.74. The summed E-state index contributed by atoms with van der Waals surface area (Å²) in [4.78, 5) is 17.1. The van der Waals surface area contributed by atoms with E-state index in [0.717, 1.165) is 27.6 Å². The SMILES string of the molecule is Cc1nccn1-c1ccc(CNC(=O)[C@H](c2ccccc2)N(C)S(C)(=O)=O)cc1. The first-order valence-electron chi connectivity index (χ1n) is 9.12. The monoisotopic (exact) mass is 412 g/mol. The number of nitrogens with one attached hydrogen (secondary N) is 1. The van der Waals surface area contributed by atoms with Gasteiger partial charge in [-0.3, -0.25) is 4.79 Å². The van der Waals surface area contributed by atoms with Crippen molar-refractivity contribution in [3.05, 3.63) is 83.9 Å². The van der Waals surface area contributed by atoms with E-state index in [1.165, 1.54) is 7.05 Å². The molecule has 29 heavy (non-hydrogen) atoms. The molecule has 7 nitrogen and oxygen atoms in total. The molecule has 1 heterocycles. The summed E-state index contributed by atoms with van der Waals surface area (Å²) in [5.74, 6) is 0.513. The highest BCUT2D eigenvalue weighted by atomic mass is 32.2. The Morgan fingerprint density at radius 1 is 1.14 bits per heavy atom. The second kappa shape index (κ2) is 8.59. The van der Waals surface area contributed by atoms with Crippen LogP contribution in [0.25, 0.3) is 5.69 Å². The van der Waals surface area contributed by atoms with E-state index in [-0.39, 0.29) is 5.91 Å². The van der Waals surface area contributed by atoms with Gasteiger partial charge in [-0.2, -0.15) is 4.31 Å². The molecule has 0 spiro atoms. The Morgan fingerprint density at radius 3 is 2.34 bits per heavy atom. The topological polar surface area (TPSA) is 84.3 Å². The van der Waals surface area contributed by atoms with E-state index in [4.69, 9.17) is 0 Å². The molecule has 0 bridgehead atoms. The molecule has 0 radical (unpaired) electrons. The Labute approximate surface area is 171 Å². The first-order chi connectivity index (χ1) is 13.8. The lowest BCUT2D eigenvalue weighted by molar-refractivity contribution is -0.124. The number of carbonyl (C=O) groups excluding carboxylic acids is 1. The number of amides is 1. The summed E-state index contributed by atoms with van der Waals surface area (Å²) in [5, 5.41) is 2.85. The number of aromatic nitrogens is 2. The van der Waals surface area contributed by atoms with Crippen LogP contribution in [0.1, 0.15) is 23.0 Å². The molecule has 0 aliphatic rings. The molecule has 1 atom stereocenters. The molecule has 1 N–H and O–H groups in total. The van der Waals surface area contributed by atoms with Crippen LogP contribution < -0.4 is 5.32 Å². The van der Waals surface area contributed by atoms with Crippen LogP contribution in [-0.4, -0.2) is 41.5 Å². The number of imidazole rings is 1. The Kier molecular flexibility index (Phi) is 6.14. The molecule has 0 saturated carbocycles. The van der Waals surface area contributed by atoms with Gasteiger partial charge in [0.25, 0.3) is 0 Å². The lowest BCUT2D eigenvalue weighted by atomic mass is 10.1. The molecule has 0 aliphatic carbocycles. The summed E-state index contributed by atoms with van der Waals surface area (Å²) >= 11 is 0. The van der Waals surface area contributed by atoms with E-state index in [0.29, 0.717) is 12.1 Å². The highest BCUT2D eigenvalue weighted by Gasteiger charge is 2.30. The minimum Gasteiger partial charge on any atom is -0.350 e. The second-order valence-corrected chi connectivity index (χ2v) is 8.86. The van der Waals surface area contributed by atoms with E-state index >= 15 is 0 Å². The van der Waals surface area contributed by atoms with Gasteiger partial charge in [0.05, 0.1) is 6.26 Å². The van der Waals surface area contributed by atoms with Gasteiger partial charge < -0.3 is 9.88 Å². The molecule has 8 heteroatoms. The van der Waals surface area contributed by atoms with E-state index in [9.17, 15) is 13.2 Å². The molecule has 0 saturated heterocycles. The summed E-state index contributed by atoms with van der Waals surface area (Å²) in [7, 11) is -2.14. The highest BCUT2D eigenvalue weighted by Crippen LogP contribution is 2.22. The maximum absolute atomic E-state index is 12.9. The van der Waals surface area contributed by atoms with Crippen LogP contribution in [0.3, 0.4) is 0 Å². The molecule has 0 fully saturated rings. The lowest BCUT2D eigenvalue weighted by Gasteiger charge is -2.25. The summed E-state index contributed by atoms with van der Waals surface area (Å²) in [6.07, 6.45) is 4.72. The number of benzene rings is 2. The smallest absolute Gasteiger partial charge is 0.243 e. The third kappa shape index (κ3) is 4.90. The van der Waals surface area contributed by atoms with Crippen molar-refractivity contribution in [3.8, 4) is 5.69 Å².